The molecule has 2 aromatic heterocycles. The SMILES string of the molecule is O=C(Nc1ccc2c(c1)CCN2c1c(N2CCCC2)c(=O)c1=O)c1sccc1NCc1ccnc2ccccc12. The van der Waals surface area contributed by atoms with Gasteiger partial charge in [0.1, 0.15) is 16.3 Å². The molecule has 2 aliphatic rings. The third kappa shape index (κ3) is 4.14. The number of nitrogens with one attached hydrogen (secondary N) is 2. The molecule has 7 rings (SSSR count). The van der Waals surface area contributed by atoms with Crippen molar-refractivity contribution in [3.05, 3.63) is 103 Å². The lowest BCUT2D eigenvalue weighted by Crippen LogP contribution is -2.44. The van der Waals surface area contributed by atoms with Crippen molar-refractivity contribution in [3.8, 4) is 0 Å². The number of carbonyl (C=O) groups excluding carboxylic acids is 1. The summed E-state index contributed by atoms with van der Waals surface area (Å²) in [5.74, 6) is -0.175. The molecule has 9 heteroatoms. The number of amides is 1. The average Bonchev–Trinajstić information content (AvgIpc) is 3.75. The van der Waals surface area contributed by atoms with Gasteiger partial charge in [0.2, 0.25) is 0 Å². The Morgan fingerprint density at radius 2 is 1.77 bits per heavy atom. The van der Waals surface area contributed by atoms with Gasteiger partial charge in [-0.1, -0.05) is 18.2 Å². The van der Waals surface area contributed by atoms with Crippen LogP contribution >= 0.6 is 11.3 Å². The quantitative estimate of drug-likeness (QED) is 0.274. The standard InChI is InChI=1S/C31H27N5O3S/c37-28-26(35-13-3-4-14-35)27(29(28)38)36-15-10-19-17-21(7-8-25(19)36)34-31(39)30-24(11-16-40-30)33-18-20-9-12-32-23-6-2-1-5-22(20)23/h1-2,5-9,11-12,16-17,33H,3-4,10,13-15,18H2,(H,34,39). The van der Waals surface area contributed by atoms with Crippen LogP contribution in [0.1, 0.15) is 33.6 Å². The minimum atomic E-state index is -0.399. The molecule has 2 N–H and O–H groups in total. The van der Waals surface area contributed by atoms with Crippen LogP contribution in [-0.4, -0.2) is 30.5 Å². The fourth-order valence-electron chi connectivity index (χ4n) is 5.88. The number of aromatic nitrogens is 1. The summed E-state index contributed by atoms with van der Waals surface area (Å²) in [6.45, 7) is 2.86. The van der Waals surface area contributed by atoms with E-state index >= 15 is 0 Å². The Bertz CT molecular complexity index is 1830. The van der Waals surface area contributed by atoms with Crippen molar-refractivity contribution in [1.29, 1.82) is 0 Å². The molecule has 8 nitrogen and oxygen atoms in total. The summed E-state index contributed by atoms with van der Waals surface area (Å²) >= 11 is 1.39. The number of anilines is 5. The molecule has 1 saturated heterocycles. The highest BCUT2D eigenvalue weighted by Gasteiger charge is 2.34. The number of thiophene rings is 1. The molecule has 0 unspecified atom stereocenters. The van der Waals surface area contributed by atoms with E-state index in [4.69, 9.17) is 0 Å². The molecule has 3 aromatic carbocycles. The molecule has 2 aliphatic heterocycles. The van der Waals surface area contributed by atoms with Crippen LogP contribution in [0, 0.1) is 0 Å². The third-order valence-electron chi connectivity index (χ3n) is 7.87. The Hall–Kier alpha value is -4.50. The Kier molecular flexibility index (Phi) is 6.08. The molecule has 0 radical (unpaired) electrons. The second-order valence-corrected chi connectivity index (χ2v) is 11.2. The first-order valence-corrected chi connectivity index (χ1v) is 14.4. The lowest BCUT2D eigenvalue weighted by atomic mass is 10.1. The maximum absolute atomic E-state index is 13.3. The van der Waals surface area contributed by atoms with Gasteiger partial charge in [-0.25, -0.2) is 0 Å². The molecular formula is C31H27N5O3S. The number of pyridine rings is 1. The Morgan fingerprint density at radius 3 is 2.65 bits per heavy atom. The molecule has 1 amide bonds. The van der Waals surface area contributed by atoms with E-state index in [1.165, 1.54) is 11.3 Å². The number of benzene rings is 2. The molecule has 5 aromatic rings. The van der Waals surface area contributed by atoms with Crippen LogP contribution < -0.4 is 31.3 Å². The number of carbonyl (C=O) groups is 1. The summed E-state index contributed by atoms with van der Waals surface area (Å²) in [6, 6.07) is 17.7. The van der Waals surface area contributed by atoms with Gasteiger partial charge < -0.3 is 20.4 Å². The van der Waals surface area contributed by atoms with E-state index < -0.39 is 5.43 Å². The van der Waals surface area contributed by atoms with Gasteiger partial charge in [-0.3, -0.25) is 19.4 Å². The number of hydrogen-bond acceptors (Lipinski definition) is 8. The third-order valence-corrected chi connectivity index (χ3v) is 8.78. The van der Waals surface area contributed by atoms with E-state index in [9.17, 15) is 14.4 Å². The Labute approximate surface area is 234 Å². The van der Waals surface area contributed by atoms with Crippen molar-refractivity contribution in [1.82, 2.24) is 4.98 Å². The molecule has 0 atom stereocenters. The summed E-state index contributed by atoms with van der Waals surface area (Å²) in [5.41, 5.74) is 5.85. The lowest BCUT2D eigenvalue weighted by molar-refractivity contribution is 0.103. The summed E-state index contributed by atoms with van der Waals surface area (Å²) in [5, 5.41) is 9.46. The Morgan fingerprint density at radius 1 is 0.950 bits per heavy atom. The number of rotatable bonds is 7. The largest absolute Gasteiger partial charge is 0.380 e. The summed E-state index contributed by atoms with van der Waals surface area (Å²) < 4.78 is 0. The van der Waals surface area contributed by atoms with Crippen molar-refractivity contribution < 1.29 is 4.79 Å². The maximum atomic E-state index is 13.3. The van der Waals surface area contributed by atoms with Gasteiger partial charge in [-0.2, -0.15) is 0 Å². The molecular weight excluding hydrogens is 522 g/mol. The number of nitrogens with zero attached hydrogens (tertiary/aromatic N) is 3. The maximum Gasteiger partial charge on any atom is 0.267 e. The first kappa shape index (κ1) is 24.5. The zero-order valence-electron chi connectivity index (χ0n) is 21.8. The molecule has 1 fully saturated rings. The van der Waals surface area contributed by atoms with Gasteiger partial charge in [-0.15, -0.1) is 11.3 Å². The van der Waals surface area contributed by atoms with Crippen molar-refractivity contribution in [2.24, 2.45) is 0 Å². The highest BCUT2D eigenvalue weighted by atomic mass is 32.1. The van der Waals surface area contributed by atoms with Crippen molar-refractivity contribution >= 4 is 56.6 Å². The predicted octanol–water partition coefficient (Wildman–Crippen LogP) is 5.05. The fraction of sp³-hybridized carbons (Fsp3) is 0.226. The minimum absolute atomic E-state index is 0.175. The monoisotopic (exact) mass is 549 g/mol. The van der Waals surface area contributed by atoms with Crippen molar-refractivity contribution in [2.75, 3.05) is 40.1 Å². The van der Waals surface area contributed by atoms with Gasteiger partial charge in [0.05, 0.1) is 11.2 Å². The first-order valence-electron chi connectivity index (χ1n) is 13.5. The lowest BCUT2D eigenvalue weighted by Gasteiger charge is -2.28. The first-order chi connectivity index (χ1) is 19.6. The fourth-order valence-corrected chi connectivity index (χ4v) is 6.64. The van der Waals surface area contributed by atoms with E-state index in [0.29, 0.717) is 35.0 Å². The molecule has 0 saturated carbocycles. The summed E-state index contributed by atoms with van der Waals surface area (Å²) in [7, 11) is 0. The molecule has 0 spiro atoms. The van der Waals surface area contributed by atoms with Crippen molar-refractivity contribution in [2.45, 2.75) is 25.8 Å². The predicted molar refractivity (Wildman–Crippen MR) is 161 cm³/mol. The van der Waals surface area contributed by atoms with E-state index in [0.717, 1.165) is 65.8 Å². The normalized spacial score (nSPS) is 14.7. The van der Waals surface area contributed by atoms with E-state index in [-0.39, 0.29) is 11.3 Å². The molecule has 4 heterocycles. The van der Waals surface area contributed by atoms with Crippen LogP contribution in [0.4, 0.5) is 28.4 Å². The van der Waals surface area contributed by atoms with Crippen LogP contribution in [0.2, 0.25) is 0 Å². The van der Waals surface area contributed by atoms with Crippen LogP contribution in [0.3, 0.4) is 0 Å². The topological polar surface area (TPSA) is 94.6 Å². The van der Waals surface area contributed by atoms with Crippen molar-refractivity contribution in [3.63, 3.8) is 0 Å². The van der Waals surface area contributed by atoms with Gasteiger partial charge in [0.25, 0.3) is 16.8 Å². The van der Waals surface area contributed by atoms with E-state index in [2.05, 4.69) is 26.6 Å². The van der Waals surface area contributed by atoms with Gasteiger partial charge in [-0.05, 0) is 72.2 Å². The number of fused-ring (bicyclic) bond motifs is 2. The molecule has 200 valence electrons. The van der Waals surface area contributed by atoms with Gasteiger partial charge in [0.15, 0.2) is 0 Å². The summed E-state index contributed by atoms with van der Waals surface area (Å²) in [4.78, 5) is 47.3. The zero-order chi connectivity index (χ0) is 27.2. The second kappa shape index (κ2) is 9.91. The van der Waals surface area contributed by atoms with Crippen LogP contribution in [0.25, 0.3) is 10.9 Å². The smallest absolute Gasteiger partial charge is 0.267 e. The van der Waals surface area contributed by atoms with Crippen LogP contribution in [0.15, 0.2) is 75.8 Å². The van der Waals surface area contributed by atoms with Gasteiger partial charge >= 0.3 is 0 Å². The zero-order valence-corrected chi connectivity index (χ0v) is 22.6. The summed E-state index contributed by atoms with van der Waals surface area (Å²) in [6.07, 6.45) is 4.63. The highest BCUT2D eigenvalue weighted by molar-refractivity contribution is 7.12. The highest BCUT2D eigenvalue weighted by Crippen LogP contribution is 2.39. The number of hydrogen-bond donors (Lipinski definition) is 2. The van der Waals surface area contributed by atoms with Crippen LogP contribution in [0.5, 0.6) is 0 Å². The minimum Gasteiger partial charge on any atom is -0.380 e. The average molecular weight is 550 g/mol. The second-order valence-electron chi connectivity index (χ2n) is 10.3. The Balaban J connectivity index is 1.07. The molecule has 0 aliphatic carbocycles. The number of para-hydroxylation sites is 1. The molecule has 40 heavy (non-hydrogen) atoms. The van der Waals surface area contributed by atoms with Gasteiger partial charge in [0, 0.05) is 49.1 Å². The van der Waals surface area contributed by atoms with Crippen LogP contribution in [-0.2, 0) is 13.0 Å². The van der Waals surface area contributed by atoms with E-state index in [1.807, 2.05) is 58.8 Å². The van der Waals surface area contributed by atoms with E-state index in [1.54, 1.807) is 6.20 Å². The molecule has 0 bridgehead atoms.